The van der Waals surface area contributed by atoms with Crippen LogP contribution in [0.15, 0.2) is 33.9 Å². The first-order valence-corrected chi connectivity index (χ1v) is 6.95. The molecule has 1 aliphatic carbocycles. The highest BCUT2D eigenvalue weighted by molar-refractivity contribution is 9.10. The molecule has 0 aromatic heterocycles. The molecule has 0 amide bonds. The summed E-state index contributed by atoms with van der Waals surface area (Å²) in [4.78, 5) is 17.8. The maximum absolute atomic E-state index is 12.3. The molecule has 1 aliphatic heterocycles. The summed E-state index contributed by atoms with van der Waals surface area (Å²) >= 11 is 3.45. The molecule has 94 valence electrons. The van der Waals surface area contributed by atoms with Crippen LogP contribution in [0.3, 0.4) is 0 Å². The first-order valence-electron chi connectivity index (χ1n) is 6.16. The molecule has 0 saturated heterocycles. The number of benzene rings is 1. The van der Waals surface area contributed by atoms with Gasteiger partial charge < -0.3 is 4.84 Å². The first kappa shape index (κ1) is 11.9. The van der Waals surface area contributed by atoms with E-state index < -0.39 is 5.41 Å². The number of carbonyl (C=O) groups excluding carboxylic acids is 1. The summed E-state index contributed by atoms with van der Waals surface area (Å²) < 4.78 is 0.984. The Morgan fingerprint density at radius 3 is 3.11 bits per heavy atom. The van der Waals surface area contributed by atoms with E-state index in [4.69, 9.17) is 4.84 Å². The zero-order valence-electron chi connectivity index (χ0n) is 10.1. The first-order chi connectivity index (χ1) is 8.62. The fourth-order valence-electron chi connectivity index (χ4n) is 2.82. The highest BCUT2D eigenvalue weighted by Gasteiger charge is 2.53. The van der Waals surface area contributed by atoms with Crippen molar-refractivity contribution in [2.24, 2.45) is 10.6 Å². The molecule has 2 atom stereocenters. The Morgan fingerprint density at radius 2 is 2.33 bits per heavy atom. The van der Waals surface area contributed by atoms with Crippen LogP contribution < -0.4 is 0 Å². The number of rotatable bonds is 1. The van der Waals surface area contributed by atoms with E-state index in [-0.39, 0.29) is 11.9 Å². The lowest BCUT2D eigenvalue weighted by Crippen LogP contribution is -2.46. The van der Waals surface area contributed by atoms with Crippen LogP contribution in [-0.4, -0.2) is 17.6 Å². The van der Waals surface area contributed by atoms with Crippen molar-refractivity contribution >= 4 is 27.4 Å². The van der Waals surface area contributed by atoms with Gasteiger partial charge in [0.1, 0.15) is 23.0 Å². The molecule has 18 heavy (non-hydrogen) atoms. The molecule has 1 aromatic carbocycles. The number of Topliss-reactive ketones (excluding diaryl/α,β-unsaturated/α-hetero) is 1. The molecular formula is C14H14BrNO2. The van der Waals surface area contributed by atoms with Crippen molar-refractivity contribution in [3.05, 3.63) is 34.3 Å². The van der Waals surface area contributed by atoms with Crippen LogP contribution in [0.25, 0.3) is 0 Å². The number of carbonyl (C=O) groups is 1. The number of nitrogens with zero attached hydrogens (tertiary/aromatic N) is 1. The van der Waals surface area contributed by atoms with Gasteiger partial charge in [-0.05, 0) is 31.9 Å². The number of halogens is 1. The molecule has 3 rings (SSSR count). The van der Waals surface area contributed by atoms with Gasteiger partial charge in [0.15, 0.2) is 0 Å². The van der Waals surface area contributed by atoms with Gasteiger partial charge in [0, 0.05) is 16.5 Å². The molecule has 4 heteroatoms. The maximum atomic E-state index is 12.3. The van der Waals surface area contributed by atoms with Crippen molar-refractivity contribution in [3.8, 4) is 0 Å². The van der Waals surface area contributed by atoms with Crippen LogP contribution in [0.5, 0.6) is 0 Å². The molecular weight excluding hydrogens is 294 g/mol. The number of ketones is 1. The normalized spacial score (nSPS) is 30.7. The van der Waals surface area contributed by atoms with Crippen molar-refractivity contribution in [1.82, 2.24) is 0 Å². The van der Waals surface area contributed by atoms with Gasteiger partial charge in [-0.1, -0.05) is 33.2 Å². The third-order valence-electron chi connectivity index (χ3n) is 3.95. The Bertz CT molecular complexity index is 540. The van der Waals surface area contributed by atoms with Crippen molar-refractivity contribution in [2.45, 2.75) is 32.3 Å². The Hall–Kier alpha value is -1.16. The third kappa shape index (κ3) is 1.62. The molecule has 1 heterocycles. The molecule has 2 aliphatic rings. The van der Waals surface area contributed by atoms with Crippen molar-refractivity contribution < 1.29 is 9.63 Å². The standard InChI is InChI=1S/C14H14BrNO2/c1-14-11(17)6-3-7-12(14)18-16-13(14)9-4-2-5-10(15)8-9/h2,4-5,8,12H,3,6-7H2,1H3/t12-,14+/m1/s1. The predicted octanol–water partition coefficient (Wildman–Crippen LogP) is 3.31. The summed E-state index contributed by atoms with van der Waals surface area (Å²) in [5.41, 5.74) is 1.17. The monoisotopic (exact) mass is 307 g/mol. The van der Waals surface area contributed by atoms with Crippen LogP contribution in [0.1, 0.15) is 31.7 Å². The lowest BCUT2D eigenvalue weighted by Gasteiger charge is -2.32. The second-order valence-electron chi connectivity index (χ2n) is 5.06. The predicted molar refractivity (Wildman–Crippen MR) is 72.5 cm³/mol. The van der Waals surface area contributed by atoms with Crippen molar-refractivity contribution in [3.63, 3.8) is 0 Å². The van der Waals surface area contributed by atoms with Crippen LogP contribution in [0, 0.1) is 5.41 Å². The highest BCUT2D eigenvalue weighted by atomic mass is 79.9. The summed E-state index contributed by atoms with van der Waals surface area (Å²) in [7, 11) is 0. The lowest BCUT2D eigenvalue weighted by molar-refractivity contribution is -0.132. The second kappa shape index (κ2) is 4.19. The van der Waals surface area contributed by atoms with E-state index in [0.29, 0.717) is 6.42 Å². The molecule has 3 nitrogen and oxygen atoms in total. The van der Waals surface area contributed by atoms with Gasteiger partial charge in [-0.15, -0.1) is 0 Å². The maximum Gasteiger partial charge on any atom is 0.148 e. The van der Waals surface area contributed by atoms with E-state index in [1.807, 2.05) is 31.2 Å². The van der Waals surface area contributed by atoms with E-state index in [1.165, 1.54) is 0 Å². The topological polar surface area (TPSA) is 38.7 Å². The molecule has 0 bridgehead atoms. The Labute approximate surface area is 114 Å². The van der Waals surface area contributed by atoms with Gasteiger partial charge in [-0.3, -0.25) is 4.79 Å². The van der Waals surface area contributed by atoms with Crippen LogP contribution >= 0.6 is 15.9 Å². The van der Waals surface area contributed by atoms with E-state index in [9.17, 15) is 4.79 Å². The SMILES string of the molecule is C[C@]12C(=O)CCC[C@H]1ON=C2c1cccc(Br)c1. The second-order valence-corrected chi connectivity index (χ2v) is 5.98. The summed E-state index contributed by atoms with van der Waals surface area (Å²) in [5, 5.41) is 4.19. The van der Waals surface area contributed by atoms with E-state index in [1.54, 1.807) is 0 Å². The fourth-order valence-corrected chi connectivity index (χ4v) is 3.22. The summed E-state index contributed by atoms with van der Waals surface area (Å²) in [6, 6.07) is 7.87. The molecule has 1 aromatic rings. The molecule has 1 saturated carbocycles. The minimum absolute atomic E-state index is 0.0901. The smallest absolute Gasteiger partial charge is 0.148 e. The summed E-state index contributed by atoms with van der Waals surface area (Å²) in [6.07, 6.45) is 2.35. The summed E-state index contributed by atoms with van der Waals surface area (Å²) in [5.74, 6) is 0.245. The lowest BCUT2D eigenvalue weighted by atomic mass is 9.68. The minimum atomic E-state index is -0.570. The van der Waals surface area contributed by atoms with Crippen LogP contribution in [0.2, 0.25) is 0 Å². The van der Waals surface area contributed by atoms with Crippen molar-refractivity contribution in [1.29, 1.82) is 0 Å². The van der Waals surface area contributed by atoms with Crippen LogP contribution in [-0.2, 0) is 9.63 Å². The van der Waals surface area contributed by atoms with Gasteiger partial charge in [0.2, 0.25) is 0 Å². The van der Waals surface area contributed by atoms with Gasteiger partial charge in [-0.2, -0.15) is 0 Å². The minimum Gasteiger partial charge on any atom is -0.391 e. The molecule has 0 spiro atoms. The average molecular weight is 308 g/mol. The zero-order valence-corrected chi connectivity index (χ0v) is 11.7. The number of oxime groups is 1. The fraction of sp³-hybridized carbons (Fsp3) is 0.429. The number of hydrogen-bond donors (Lipinski definition) is 0. The zero-order chi connectivity index (χ0) is 12.8. The number of hydrogen-bond acceptors (Lipinski definition) is 3. The van der Waals surface area contributed by atoms with Crippen molar-refractivity contribution in [2.75, 3.05) is 0 Å². The van der Waals surface area contributed by atoms with Crippen LogP contribution in [0.4, 0.5) is 0 Å². The Morgan fingerprint density at radius 1 is 1.50 bits per heavy atom. The molecule has 1 fully saturated rings. The Balaban J connectivity index is 2.05. The molecule has 0 radical (unpaired) electrons. The van der Waals surface area contributed by atoms with E-state index >= 15 is 0 Å². The largest absolute Gasteiger partial charge is 0.391 e. The highest BCUT2D eigenvalue weighted by Crippen LogP contribution is 2.42. The Kier molecular flexibility index (Phi) is 2.77. The average Bonchev–Trinajstić information content (AvgIpc) is 2.69. The molecule has 0 N–H and O–H groups in total. The quantitative estimate of drug-likeness (QED) is 0.798. The van der Waals surface area contributed by atoms with Gasteiger partial charge in [0.25, 0.3) is 0 Å². The van der Waals surface area contributed by atoms with Gasteiger partial charge >= 0.3 is 0 Å². The van der Waals surface area contributed by atoms with Gasteiger partial charge in [0.05, 0.1) is 0 Å². The van der Waals surface area contributed by atoms with E-state index in [0.717, 1.165) is 28.6 Å². The van der Waals surface area contributed by atoms with E-state index in [2.05, 4.69) is 21.1 Å². The molecule has 0 unspecified atom stereocenters. The van der Waals surface area contributed by atoms with Gasteiger partial charge in [-0.25, -0.2) is 0 Å². The summed E-state index contributed by atoms with van der Waals surface area (Å²) in [6.45, 7) is 1.96. The third-order valence-corrected chi connectivity index (χ3v) is 4.45. The number of fused-ring (bicyclic) bond motifs is 1.